The Labute approximate surface area is 135 Å². The number of hydrogen-bond acceptors (Lipinski definition) is 2. The molecule has 2 aromatic carbocycles. The van der Waals surface area contributed by atoms with Crippen LogP contribution >= 0.6 is 15.9 Å². The molecule has 0 aliphatic rings. The molecule has 0 saturated carbocycles. The van der Waals surface area contributed by atoms with Crippen molar-refractivity contribution < 1.29 is 4.74 Å². The second-order valence-corrected chi connectivity index (χ2v) is 5.77. The molecular weight excluding hydrogens is 326 g/mol. The Balaban J connectivity index is 2.32. The average Bonchev–Trinajstić information content (AvgIpc) is 2.51. The predicted molar refractivity (Wildman–Crippen MR) is 91.9 cm³/mol. The van der Waals surface area contributed by atoms with Gasteiger partial charge in [0.2, 0.25) is 0 Å². The lowest BCUT2D eigenvalue weighted by atomic mass is 9.98. The number of benzene rings is 2. The van der Waals surface area contributed by atoms with E-state index in [9.17, 15) is 0 Å². The Bertz CT molecular complexity index is 556. The van der Waals surface area contributed by atoms with Gasteiger partial charge in [-0.3, -0.25) is 0 Å². The molecule has 0 amide bonds. The lowest BCUT2D eigenvalue weighted by Gasteiger charge is -2.21. The minimum atomic E-state index is 0.191. The van der Waals surface area contributed by atoms with E-state index in [-0.39, 0.29) is 6.04 Å². The van der Waals surface area contributed by atoms with Gasteiger partial charge >= 0.3 is 0 Å². The van der Waals surface area contributed by atoms with Crippen LogP contribution < -0.4 is 10.1 Å². The smallest absolute Gasteiger partial charge is 0.120 e. The van der Waals surface area contributed by atoms with Gasteiger partial charge in [-0.1, -0.05) is 59.3 Å². The Kier molecular flexibility index (Phi) is 6.27. The molecule has 0 aromatic heterocycles. The second-order valence-electron chi connectivity index (χ2n) is 4.91. The Morgan fingerprint density at radius 3 is 2.48 bits per heavy atom. The van der Waals surface area contributed by atoms with E-state index >= 15 is 0 Å². The van der Waals surface area contributed by atoms with Gasteiger partial charge in [-0.05, 0) is 43.1 Å². The molecule has 0 bridgehead atoms. The maximum atomic E-state index is 5.56. The van der Waals surface area contributed by atoms with E-state index in [1.807, 2.05) is 25.1 Å². The maximum absolute atomic E-state index is 5.56. The van der Waals surface area contributed by atoms with Crippen molar-refractivity contribution in [3.8, 4) is 5.75 Å². The molecule has 0 radical (unpaired) electrons. The molecule has 2 rings (SSSR count). The van der Waals surface area contributed by atoms with E-state index in [2.05, 4.69) is 58.5 Å². The third-order valence-corrected chi connectivity index (χ3v) is 4.01. The van der Waals surface area contributed by atoms with Crippen molar-refractivity contribution in [2.75, 3.05) is 13.2 Å². The fourth-order valence-corrected chi connectivity index (χ4v) is 2.93. The van der Waals surface area contributed by atoms with Crippen molar-refractivity contribution in [3.05, 3.63) is 64.1 Å². The number of halogens is 1. The average molecular weight is 348 g/mol. The number of hydrogen-bond donors (Lipinski definition) is 1. The Hall–Kier alpha value is -1.32. The summed E-state index contributed by atoms with van der Waals surface area (Å²) in [5, 5.41) is 3.62. The third-order valence-electron chi connectivity index (χ3n) is 3.33. The zero-order chi connectivity index (χ0) is 15.1. The minimum Gasteiger partial charge on any atom is -0.494 e. The van der Waals surface area contributed by atoms with Crippen molar-refractivity contribution >= 4 is 15.9 Å². The summed E-state index contributed by atoms with van der Waals surface area (Å²) in [7, 11) is 0. The van der Waals surface area contributed by atoms with Crippen LogP contribution in [0.5, 0.6) is 5.75 Å². The summed E-state index contributed by atoms with van der Waals surface area (Å²) in [6, 6.07) is 16.9. The molecule has 0 heterocycles. The van der Waals surface area contributed by atoms with Gasteiger partial charge in [-0.2, -0.15) is 0 Å². The van der Waals surface area contributed by atoms with Gasteiger partial charge in [0.15, 0.2) is 0 Å². The summed E-state index contributed by atoms with van der Waals surface area (Å²) in [5.74, 6) is 0.899. The van der Waals surface area contributed by atoms with Gasteiger partial charge < -0.3 is 10.1 Å². The highest BCUT2D eigenvalue weighted by Gasteiger charge is 2.16. The zero-order valence-electron chi connectivity index (χ0n) is 12.6. The molecule has 1 N–H and O–H groups in total. The van der Waals surface area contributed by atoms with Gasteiger partial charge in [0.05, 0.1) is 12.6 Å². The summed E-state index contributed by atoms with van der Waals surface area (Å²) < 4.78 is 6.63. The molecule has 3 heteroatoms. The summed E-state index contributed by atoms with van der Waals surface area (Å²) in [6.07, 6.45) is 1.11. The van der Waals surface area contributed by atoms with Crippen LogP contribution in [0.25, 0.3) is 0 Å². The van der Waals surface area contributed by atoms with Crippen LogP contribution in [0.3, 0.4) is 0 Å². The molecule has 2 nitrogen and oxygen atoms in total. The summed E-state index contributed by atoms with van der Waals surface area (Å²) in [5.41, 5.74) is 2.51. The number of ether oxygens (including phenoxy) is 1. The molecule has 1 unspecified atom stereocenters. The highest BCUT2D eigenvalue weighted by Crippen LogP contribution is 2.31. The molecule has 112 valence electrons. The molecule has 0 aliphatic heterocycles. The predicted octanol–water partition coefficient (Wildman–Crippen LogP) is 4.94. The van der Waals surface area contributed by atoms with Gasteiger partial charge in [-0.25, -0.2) is 0 Å². The van der Waals surface area contributed by atoms with Crippen molar-refractivity contribution in [1.82, 2.24) is 5.32 Å². The van der Waals surface area contributed by atoms with E-state index < -0.39 is 0 Å². The normalized spacial score (nSPS) is 12.1. The lowest BCUT2D eigenvalue weighted by molar-refractivity contribution is 0.340. The topological polar surface area (TPSA) is 21.3 Å². The number of rotatable bonds is 7. The van der Waals surface area contributed by atoms with E-state index in [0.29, 0.717) is 6.61 Å². The standard InChI is InChI=1S/C18H22BrNO/c1-3-12-20-18(14-8-6-5-7-9-14)16-11-10-15(21-4-2)13-17(16)19/h5-11,13,18,20H,3-4,12H2,1-2H3. The van der Waals surface area contributed by atoms with Gasteiger partial charge in [0.25, 0.3) is 0 Å². The number of nitrogens with one attached hydrogen (secondary N) is 1. The van der Waals surface area contributed by atoms with Crippen LogP contribution in [0, 0.1) is 0 Å². The Morgan fingerprint density at radius 2 is 1.86 bits per heavy atom. The molecule has 2 aromatic rings. The van der Waals surface area contributed by atoms with Crippen molar-refractivity contribution in [2.45, 2.75) is 26.3 Å². The molecule has 0 spiro atoms. The fourth-order valence-electron chi connectivity index (χ4n) is 2.34. The first kappa shape index (κ1) is 16.1. The van der Waals surface area contributed by atoms with Crippen LogP contribution in [-0.2, 0) is 0 Å². The first-order chi connectivity index (χ1) is 10.3. The van der Waals surface area contributed by atoms with Crippen molar-refractivity contribution in [2.24, 2.45) is 0 Å². The van der Waals surface area contributed by atoms with Crippen LogP contribution in [0.15, 0.2) is 53.0 Å². The molecule has 1 atom stereocenters. The summed E-state index contributed by atoms with van der Waals surface area (Å²) in [4.78, 5) is 0. The van der Waals surface area contributed by atoms with Crippen LogP contribution in [0.2, 0.25) is 0 Å². The van der Waals surface area contributed by atoms with E-state index in [1.165, 1.54) is 11.1 Å². The highest BCUT2D eigenvalue weighted by molar-refractivity contribution is 9.10. The van der Waals surface area contributed by atoms with E-state index in [0.717, 1.165) is 23.2 Å². The molecule has 0 fully saturated rings. The fraction of sp³-hybridized carbons (Fsp3) is 0.333. The molecule has 0 aliphatic carbocycles. The Morgan fingerprint density at radius 1 is 1.10 bits per heavy atom. The van der Waals surface area contributed by atoms with Crippen molar-refractivity contribution in [3.63, 3.8) is 0 Å². The van der Waals surface area contributed by atoms with Crippen LogP contribution in [0.4, 0.5) is 0 Å². The van der Waals surface area contributed by atoms with E-state index in [4.69, 9.17) is 4.74 Å². The first-order valence-electron chi connectivity index (χ1n) is 7.46. The molecule has 21 heavy (non-hydrogen) atoms. The van der Waals surface area contributed by atoms with Crippen LogP contribution in [-0.4, -0.2) is 13.2 Å². The van der Waals surface area contributed by atoms with Crippen LogP contribution in [0.1, 0.15) is 37.4 Å². The van der Waals surface area contributed by atoms with Crippen molar-refractivity contribution in [1.29, 1.82) is 0 Å². The summed E-state index contributed by atoms with van der Waals surface area (Å²) >= 11 is 3.69. The minimum absolute atomic E-state index is 0.191. The van der Waals surface area contributed by atoms with E-state index in [1.54, 1.807) is 0 Å². The zero-order valence-corrected chi connectivity index (χ0v) is 14.2. The largest absolute Gasteiger partial charge is 0.494 e. The quantitative estimate of drug-likeness (QED) is 0.765. The molecular formula is C18H22BrNO. The maximum Gasteiger partial charge on any atom is 0.120 e. The summed E-state index contributed by atoms with van der Waals surface area (Å²) in [6.45, 7) is 5.85. The monoisotopic (exact) mass is 347 g/mol. The third kappa shape index (κ3) is 4.32. The highest BCUT2D eigenvalue weighted by atomic mass is 79.9. The second kappa shape index (κ2) is 8.20. The first-order valence-corrected chi connectivity index (χ1v) is 8.26. The molecule has 0 saturated heterocycles. The lowest BCUT2D eigenvalue weighted by Crippen LogP contribution is -2.23. The van der Waals surface area contributed by atoms with Gasteiger partial charge in [0.1, 0.15) is 5.75 Å². The van der Waals surface area contributed by atoms with Gasteiger partial charge in [-0.15, -0.1) is 0 Å². The SMILES string of the molecule is CCCNC(c1ccccc1)c1ccc(OCC)cc1Br. The van der Waals surface area contributed by atoms with Gasteiger partial charge in [0, 0.05) is 4.47 Å².